The van der Waals surface area contributed by atoms with Gasteiger partial charge in [-0.15, -0.1) is 11.3 Å². The molecule has 1 atom stereocenters. The molecule has 1 aliphatic heterocycles. The lowest BCUT2D eigenvalue weighted by Crippen LogP contribution is -2.45. The molecule has 0 bridgehead atoms. The Morgan fingerprint density at radius 1 is 1.18 bits per heavy atom. The summed E-state index contributed by atoms with van der Waals surface area (Å²) in [5, 5.41) is 13.8. The van der Waals surface area contributed by atoms with E-state index in [2.05, 4.69) is 31.5 Å². The summed E-state index contributed by atoms with van der Waals surface area (Å²) in [6, 6.07) is 1.85. The zero-order valence-corrected chi connectivity index (χ0v) is 20.3. The van der Waals surface area contributed by atoms with Gasteiger partial charge in [-0.3, -0.25) is 14.8 Å². The molecule has 10 heteroatoms. The molecule has 2 aliphatic carbocycles. The number of aromatic nitrogens is 5. The zero-order valence-electron chi connectivity index (χ0n) is 19.5. The lowest BCUT2D eigenvalue weighted by atomic mass is 10.0. The van der Waals surface area contributed by atoms with E-state index in [0.29, 0.717) is 17.0 Å². The monoisotopic (exact) mass is 478 g/mol. The number of nitrogens with one attached hydrogen (secondary N) is 2. The summed E-state index contributed by atoms with van der Waals surface area (Å²) in [6.07, 6.45) is 11.5. The standard InChI is InChI=1S/C24H30N8OS/c1-31(24-25-11-13-34-24)22(33)19-10-5-12-32(19)23-26-17-9-4-8-16(17)21(28-23)27-20-14-18(29-30-20)15-6-2-3-7-15/h11,13-15,19H,2-10,12H2,1H3,(H2,26,27,28,29,30). The molecule has 1 amide bonds. The normalized spacial score (nSPS) is 20.1. The molecule has 0 spiro atoms. The van der Waals surface area contributed by atoms with Gasteiger partial charge in [-0.05, 0) is 44.9 Å². The minimum atomic E-state index is -0.277. The average molecular weight is 479 g/mol. The Kier molecular flexibility index (Phi) is 5.68. The van der Waals surface area contributed by atoms with Gasteiger partial charge in [0.25, 0.3) is 5.91 Å². The van der Waals surface area contributed by atoms with Crippen molar-refractivity contribution < 1.29 is 4.79 Å². The highest BCUT2D eigenvalue weighted by molar-refractivity contribution is 7.13. The van der Waals surface area contributed by atoms with Gasteiger partial charge in [0.1, 0.15) is 11.9 Å². The van der Waals surface area contributed by atoms with Crippen molar-refractivity contribution in [2.45, 2.75) is 69.7 Å². The summed E-state index contributed by atoms with van der Waals surface area (Å²) < 4.78 is 0. The predicted molar refractivity (Wildman–Crippen MR) is 133 cm³/mol. The predicted octanol–water partition coefficient (Wildman–Crippen LogP) is 4.18. The number of fused-ring (bicyclic) bond motifs is 1. The number of likely N-dealkylation sites (N-methyl/N-ethyl adjacent to an activating group) is 1. The molecule has 6 rings (SSSR count). The SMILES string of the molecule is CN(C(=O)C1CCCN1c1nc2c(c(Nc3cc(C4CCCC4)[nH]n3)n1)CCC2)c1nccs1. The van der Waals surface area contributed by atoms with Crippen LogP contribution in [-0.4, -0.2) is 50.7 Å². The van der Waals surface area contributed by atoms with Gasteiger partial charge in [0, 0.05) is 48.4 Å². The van der Waals surface area contributed by atoms with Crippen molar-refractivity contribution in [3.8, 4) is 0 Å². The van der Waals surface area contributed by atoms with Crippen LogP contribution in [0.3, 0.4) is 0 Å². The fraction of sp³-hybridized carbons (Fsp3) is 0.542. The average Bonchev–Trinajstić information content (AvgIpc) is 3.68. The zero-order chi connectivity index (χ0) is 23.1. The summed E-state index contributed by atoms with van der Waals surface area (Å²) in [5.74, 6) is 2.89. The van der Waals surface area contributed by atoms with Crippen LogP contribution in [0.15, 0.2) is 17.6 Å². The number of rotatable bonds is 6. The van der Waals surface area contributed by atoms with Crippen LogP contribution in [0.4, 0.5) is 22.7 Å². The van der Waals surface area contributed by atoms with Crippen LogP contribution < -0.4 is 15.1 Å². The number of H-pyrrole nitrogens is 1. The van der Waals surface area contributed by atoms with Crippen LogP contribution >= 0.6 is 11.3 Å². The Morgan fingerprint density at radius 3 is 2.88 bits per heavy atom. The van der Waals surface area contributed by atoms with E-state index in [4.69, 9.17) is 9.97 Å². The lowest BCUT2D eigenvalue weighted by molar-refractivity contribution is -0.119. The van der Waals surface area contributed by atoms with E-state index in [1.807, 2.05) is 5.38 Å². The van der Waals surface area contributed by atoms with Crippen LogP contribution in [0.25, 0.3) is 0 Å². The lowest BCUT2D eigenvalue weighted by Gasteiger charge is -2.27. The summed E-state index contributed by atoms with van der Waals surface area (Å²) in [6.45, 7) is 0.772. The van der Waals surface area contributed by atoms with Gasteiger partial charge in [-0.2, -0.15) is 10.1 Å². The van der Waals surface area contributed by atoms with Crippen molar-refractivity contribution in [1.29, 1.82) is 0 Å². The number of aromatic amines is 1. The number of carbonyl (C=O) groups excluding carboxylic acids is 1. The minimum absolute atomic E-state index is 0.0413. The fourth-order valence-corrected chi connectivity index (χ4v) is 6.19. The van der Waals surface area contributed by atoms with Gasteiger partial charge in [0.2, 0.25) is 5.95 Å². The molecule has 3 aromatic rings. The third-order valence-electron chi connectivity index (χ3n) is 7.39. The van der Waals surface area contributed by atoms with Crippen molar-refractivity contribution >= 4 is 40.0 Å². The van der Waals surface area contributed by atoms with Crippen molar-refractivity contribution in [2.75, 3.05) is 28.7 Å². The maximum absolute atomic E-state index is 13.3. The summed E-state index contributed by atoms with van der Waals surface area (Å²) in [7, 11) is 1.80. The number of nitrogens with zero attached hydrogens (tertiary/aromatic N) is 6. The quantitative estimate of drug-likeness (QED) is 0.548. The van der Waals surface area contributed by atoms with Gasteiger partial charge in [0.05, 0.1) is 5.69 Å². The Hall–Kier alpha value is -3.01. The second kappa shape index (κ2) is 8.98. The first kappa shape index (κ1) is 21.5. The summed E-state index contributed by atoms with van der Waals surface area (Å²) in [5.41, 5.74) is 3.47. The first-order valence-corrected chi connectivity index (χ1v) is 13.2. The molecule has 3 aliphatic rings. The van der Waals surface area contributed by atoms with Gasteiger partial charge < -0.3 is 10.2 Å². The molecule has 178 valence electrons. The molecule has 2 N–H and O–H groups in total. The summed E-state index contributed by atoms with van der Waals surface area (Å²) in [4.78, 5) is 31.2. The molecule has 4 heterocycles. The second-order valence-electron chi connectivity index (χ2n) is 9.53. The van der Waals surface area contributed by atoms with E-state index in [1.54, 1.807) is 18.1 Å². The maximum Gasteiger partial charge on any atom is 0.251 e. The van der Waals surface area contributed by atoms with Crippen molar-refractivity contribution in [3.05, 3.63) is 34.6 Å². The molecule has 1 unspecified atom stereocenters. The van der Waals surface area contributed by atoms with Crippen LogP contribution in [0.5, 0.6) is 0 Å². The number of anilines is 4. The number of amides is 1. The van der Waals surface area contributed by atoms with Crippen molar-refractivity contribution in [2.24, 2.45) is 0 Å². The van der Waals surface area contributed by atoms with E-state index in [0.717, 1.165) is 56.0 Å². The summed E-state index contributed by atoms with van der Waals surface area (Å²) >= 11 is 1.47. The fourth-order valence-electron chi connectivity index (χ4n) is 5.58. The second-order valence-corrected chi connectivity index (χ2v) is 10.4. The molecular formula is C24H30N8OS. The van der Waals surface area contributed by atoms with E-state index >= 15 is 0 Å². The van der Waals surface area contributed by atoms with Crippen molar-refractivity contribution in [3.63, 3.8) is 0 Å². The van der Waals surface area contributed by atoms with Crippen LogP contribution in [-0.2, 0) is 17.6 Å². The maximum atomic E-state index is 13.3. The molecule has 3 aromatic heterocycles. The number of aryl methyl sites for hydroxylation is 1. The molecule has 34 heavy (non-hydrogen) atoms. The molecule has 0 aromatic carbocycles. The smallest absolute Gasteiger partial charge is 0.251 e. The minimum Gasteiger partial charge on any atom is -0.329 e. The first-order chi connectivity index (χ1) is 16.7. The number of thiazole rings is 1. The van der Waals surface area contributed by atoms with E-state index in [9.17, 15) is 4.79 Å². The van der Waals surface area contributed by atoms with Crippen molar-refractivity contribution in [1.82, 2.24) is 25.1 Å². The van der Waals surface area contributed by atoms with Gasteiger partial charge in [-0.25, -0.2) is 9.97 Å². The molecule has 1 saturated carbocycles. The van der Waals surface area contributed by atoms with E-state index < -0.39 is 0 Å². The molecule has 1 saturated heterocycles. The number of hydrogen-bond acceptors (Lipinski definition) is 8. The molecule has 9 nitrogen and oxygen atoms in total. The number of hydrogen-bond donors (Lipinski definition) is 2. The molecular weight excluding hydrogens is 448 g/mol. The Bertz CT molecular complexity index is 1170. The van der Waals surface area contributed by atoms with Gasteiger partial charge >= 0.3 is 0 Å². The Morgan fingerprint density at radius 2 is 2.06 bits per heavy atom. The van der Waals surface area contributed by atoms with E-state index in [-0.39, 0.29) is 11.9 Å². The largest absolute Gasteiger partial charge is 0.329 e. The number of carbonyl (C=O) groups is 1. The van der Waals surface area contributed by atoms with Crippen LogP contribution in [0.2, 0.25) is 0 Å². The molecule has 0 radical (unpaired) electrons. The Labute approximate surface area is 203 Å². The van der Waals surface area contributed by atoms with Gasteiger partial charge in [-0.1, -0.05) is 12.8 Å². The third kappa shape index (κ3) is 3.93. The molecule has 2 fully saturated rings. The van der Waals surface area contributed by atoms with Gasteiger partial charge in [0.15, 0.2) is 10.9 Å². The Balaban J connectivity index is 1.27. The first-order valence-electron chi connectivity index (χ1n) is 12.3. The topological polar surface area (TPSA) is 103 Å². The highest BCUT2D eigenvalue weighted by Crippen LogP contribution is 2.36. The highest BCUT2D eigenvalue weighted by Gasteiger charge is 2.36. The van der Waals surface area contributed by atoms with E-state index in [1.165, 1.54) is 48.3 Å². The van der Waals surface area contributed by atoms with Crippen LogP contribution in [0.1, 0.15) is 67.8 Å². The third-order valence-corrected chi connectivity index (χ3v) is 8.24. The van der Waals surface area contributed by atoms with Crippen LogP contribution in [0, 0.1) is 0 Å². The highest BCUT2D eigenvalue weighted by atomic mass is 32.1.